The molecule has 0 radical (unpaired) electrons. The van der Waals surface area contributed by atoms with Gasteiger partial charge in [0.1, 0.15) is 18.0 Å². The molecule has 1 aromatic heterocycles. The van der Waals surface area contributed by atoms with Gasteiger partial charge in [-0.05, 0) is 45.6 Å². The number of aromatic amines is 1. The number of fused-ring (bicyclic) bond motifs is 1. The molecule has 2 heterocycles. The van der Waals surface area contributed by atoms with Crippen molar-refractivity contribution in [2.75, 3.05) is 11.9 Å². The fraction of sp³-hybridized carbons (Fsp3) is 0.324. The number of nitrogens with one attached hydrogen (secondary N) is 2. The van der Waals surface area contributed by atoms with Crippen molar-refractivity contribution in [3.05, 3.63) is 106 Å². The second-order valence-electron chi connectivity index (χ2n) is 12.4. The van der Waals surface area contributed by atoms with Crippen molar-refractivity contribution in [1.82, 2.24) is 9.97 Å². The summed E-state index contributed by atoms with van der Waals surface area (Å²) in [4.78, 5) is 32.5. The van der Waals surface area contributed by atoms with Crippen molar-refractivity contribution in [2.45, 2.75) is 58.8 Å². The van der Waals surface area contributed by atoms with E-state index < -0.39 is 20.5 Å². The number of rotatable bonds is 8. The second kappa shape index (κ2) is 11.9. The lowest BCUT2D eigenvalue weighted by atomic mass is 10.0. The van der Waals surface area contributed by atoms with E-state index in [0.717, 1.165) is 21.5 Å². The molecule has 0 fully saturated rings. The van der Waals surface area contributed by atoms with Crippen LogP contribution in [0.25, 0.3) is 10.9 Å². The predicted molar refractivity (Wildman–Crippen MR) is 172 cm³/mol. The minimum absolute atomic E-state index is 0.116. The summed E-state index contributed by atoms with van der Waals surface area (Å²) in [6.07, 6.45) is 0.695. The molecule has 0 saturated heterocycles. The van der Waals surface area contributed by atoms with E-state index in [1.807, 2.05) is 55.5 Å². The van der Waals surface area contributed by atoms with Crippen LogP contribution >= 0.6 is 0 Å². The van der Waals surface area contributed by atoms with Crippen LogP contribution in [-0.2, 0) is 14.0 Å². The van der Waals surface area contributed by atoms with Crippen LogP contribution in [0.5, 0.6) is 0 Å². The number of H-pyrrole nitrogens is 1. The first-order valence-electron chi connectivity index (χ1n) is 14.6. The number of aliphatic hydroxyl groups is 1. The van der Waals surface area contributed by atoms with Gasteiger partial charge in [0.15, 0.2) is 0 Å². The summed E-state index contributed by atoms with van der Waals surface area (Å²) in [6.45, 7) is 11.8. The number of hydrogen-bond acceptors (Lipinski definition) is 6. The SMILES string of the molecule is Cc1cc([C@H]2C=C(O[Si](c3ccccc3)(c3ccccc3)C(C)(C)C)[C@@H](CO)O2)cc2c(=O)[nH]c(NC(=O)C(C)C)nc12. The van der Waals surface area contributed by atoms with Crippen molar-refractivity contribution >= 4 is 41.4 Å². The van der Waals surface area contributed by atoms with Gasteiger partial charge in [0.05, 0.1) is 17.5 Å². The minimum atomic E-state index is -2.95. The van der Waals surface area contributed by atoms with Crippen molar-refractivity contribution < 1.29 is 19.1 Å². The number of amides is 1. The van der Waals surface area contributed by atoms with Crippen LogP contribution in [0.15, 0.2) is 89.4 Å². The maximum atomic E-state index is 13.1. The third kappa shape index (κ3) is 5.80. The van der Waals surface area contributed by atoms with E-state index in [9.17, 15) is 14.7 Å². The first-order valence-corrected chi connectivity index (χ1v) is 16.5. The number of nitrogens with zero attached hydrogens (tertiary/aromatic N) is 1. The highest BCUT2D eigenvalue weighted by molar-refractivity contribution is 6.99. The van der Waals surface area contributed by atoms with E-state index in [-0.39, 0.29) is 35.0 Å². The number of carbonyl (C=O) groups excluding carboxylic acids is 1. The quantitative estimate of drug-likeness (QED) is 0.254. The molecule has 0 unspecified atom stereocenters. The smallest absolute Gasteiger partial charge is 0.319 e. The molecule has 0 saturated carbocycles. The molecule has 1 aliphatic heterocycles. The lowest BCUT2D eigenvalue weighted by molar-refractivity contribution is -0.118. The van der Waals surface area contributed by atoms with Gasteiger partial charge in [-0.2, -0.15) is 0 Å². The molecule has 43 heavy (non-hydrogen) atoms. The van der Waals surface area contributed by atoms with Gasteiger partial charge in [-0.25, -0.2) is 4.98 Å². The normalized spacial score (nSPS) is 17.3. The van der Waals surface area contributed by atoms with Gasteiger partial charge in [0, 0.05) is 5.92 Å². The average Bonchev–Trinajstić information content (AvgIpc) is 3.39. The summed E-state index contributed by atoms with van der Waals surface area (Å²) >= 11 is 0. The van der Waals surface area contributed by atoms with Crippen LogP contribution in [-0.4, -0.2) is 42.0 Å². The van der Waals surface area contributed by atoms with Crippen molar-refractivity contribution in [3.8, 4) is 0 Å². The number of anilines is 1. The monoisotopic (exact) mass is 597 g/mol. The van der Waals surface area contributed by atoms with E-state index >= 15 is 0 Å². The number of aryl methyl sites for hydroxylation is 1. The summed E-state index contributed by atoms with van der Waals surface area (Å²) in [5.74, 6) is 0.212. The Hall–Kier alpha value is -4.05. The fourth-order valence-corrected chi connectivity index (χ4v) is 10.2. The topological polar surface area (TPSA) is 114 Å². The third-order valence-corrected chi connectivity index (χ3v) is 12.9. The molecule has 1 amide bonds. The maximum absolute atomic E-state index is 13.1. The van der Waals surface area contributed by atoms with Crippen LogP contribution in [0.2, 0.25) is 5.04 Å². The highest BCUT2D eigenvalue weighted by Crippen LogP contribution is 2.41. The molecular formula is C34H39N3O5Si. The maximum Gasteiger partial charge on any atom is 0.319 e. The summed E-state index contributed by atoms with van der Waals surface area (Å²) in [5.41, 5.74) is 1.64. The minimum Gasteiger partial charge on any atom is -0.535 e. The molecule has 0 aliphatic carbocycles. The molecule has 9 heteroatoms. The number of carbonyl (C=O) groups is 1. The summed E-state index contributed by atoms with van der Waals surface area (Å²) < 4.78 is 13.5. The number of aromatic nitrogens is 2. The number of hydrogen-bond donors (Lipinski definition) is 3. The number of benzene rings is 3. The summed E-state index contributed by atoms with van der Waals surface area (Å²) in [6, 6.07) is 24.3. The Morgan fingerprint density at radius 3 is 2.21 bits per heavy atom. The zero-order valence-electron chi connectivity index (χ0n) is 25.5. The number of ether oxygens (including phenoxy) is 1. The molecule has 4 aromatic rings. The van der Waals surface area contributed by atoms with Crippen LogP contribution in [0.1, 0.15) is 51.8 Å². The van der Waals surface area contributed by atoms with Gasteiger partial charge in [-0.1, -0.05) is 101 Å². The second-order valence-corrected chi connectivity index (χ2v) is 16.6. The van der Waals surface area contributed by atoms with E-state index in [2.05, 4.69) is 60.3 Å². The lowest BCUT2D eigenvalue weighted by Gasteiger charge is -2.43. The van der Waals surface area contributed by atoms with Crippen molar-refractivity contribution in [2.24, 2.45) is 5.92 Å². The van der Waals surface area contributed by atoms with Crippen LogP contribution in [0.4, 0.5) is 5.95 Å². The predicted octanol–water partition coefficient (Wildman–Crippen LogP) is 4.72. The van der Waals surface area contributed by atoms with Gasteiger partial charge < -0.3 is 14.3 Å². The average molecular weight is 598 g/mol. The van der Waals surface area contributed by atoms with Gasteiger partial charge >= 0.3 is 8.32 Å². The van der Waals surface area contributed by atoms with Crippen molar-refractivity contribution in [1.29, 1.82) is 0 Å². The molecule has 3 N–H and O–H groups in total. The van der Waals surface area contributed by atoms with Gasteiger partial charge in [0.25, 0.3) is 5.56 Å². The van der Waals surface area contributed by atoms with Crippen LogP contribution < -0.4 is 21.2 Å². The first kappa shape index (κ1) is 30.4. The molecule has 0 bridgehead atoms. The van der Waals surface area contributed by atoms with E-state index in [4.69, 9.17) is 9.16 Å². The molecule has 8 nitrogen and oxygen atoms in total. The van der Waals surface area contributed by atoms with Crippen LogP contribution in [0, 0.1) is 12.8 Å². The largest absolute Gasteiger partial charge is 0.535 e. The Kier molecular flexibility index (Phi) is 8.42. The zero-order chi connectivity index (χ0) is 30.9. The number of aliphatic hydroxyl groups excluding tert-OH is 1. The molecule has 2 atom stereocenters. The molecule has 1 aliphatic rings. The van der Waals surface area contributed by atoms with Crippen molar-refractivity contribution in [3.63, 3.8) is 0 Å². The standard InChI is InChI=1S/C34H39N3O5Si/c1-21(2)31(39)36-33-35-30-22(3)17-23(18-26(30)32(40)37-33)27-19-28(29(20-38)41-27)42-43(34(4,5)6,24-13-9-7-10-14-24)25-15-11-8-12-16-25/h7-19,21,27,29,38H,20H2,1-6H3,(H2,35,36,37,39,40)/t27-,29-/m1/s1. The van der Waals surface area contributed by atoms with Gasteiger partial charge in [-0.3, -0.25) is 19.9 Å². The Labute approximate surface area is 252 Å². The highest BCUT2D eigenvalue weighted by atomic mass is 28.4. The summed E-state index contributed by atoms with van der Waals surface area (Å²) in [5, 5.41) is 15.5. The Balaban J connectivity index is 1.58. The Bertz CT molecular complexity index is 1670. The molecular weight excluding hydrogens is 558 g/mol. The van der Waals surface area contributed by atoms with Gasteiger partial charge in [-0.15, -0.1) is 0 Å². The fourth-order valence-electron chi connectivity index (χ4n) is 5.70. The lowest BCUT2D eigenvalue weighted by Crippen LogP contribution is -2.66. The van der Waals surface area contributed by atoms with Crippen LogP contribution in [0.3, 0.4) is 0 Å². The first-order chi connectivity index (χ1) is 20.4. The van der Waals surface area contributed by atoms with E-state index in [0.29, 0.717) is 16.7 Å². The molecule has 224 valence electrons. The third-order valence-electron chi connectivity index (χ3n) is 7.91. The van der Waals surface area contributed by atoms with E-state index in [1.165, 1.54) is 0 Å². The highest BCUT2D eigenvalue weighted by Gasteiger charge is 2.53. The Morgan fingerprint density at radius 1 is 1.07 bits per heavy atom. The Morgan fingerprint density at radius 2 is 1.67 bits per heavy atom. The summed E-state index contributed by atoms with van der Waals surface area (Å²) in [7, 11) is -2.95. The molecule has 3 aromatic carbocycles. The molecule has 0 spiro atoms. The van der Waals surface area contributed by atoms with Gasteiger partial charge in [0.2, 0.25) is 11.9 Å². The molecule has 5 rings (SSSR count). The van der Waals surface area contributed by atoms with E-state index in [1.54, 1.807) is 19.9 Å². The zero-order valence-corrected chi connectivity index (χ0v) is 26.5.